The molecule has 8 heteroatoms. The predicted octanol–water partition coefficient (Wildman–Crippen LogP) is 2.74. The third kappa shape index (κ3) is 6.36. The van der Waals surface area contributed by atoms with Gasteiger partial charge in [0, 0.05) is 26.2 Å². The number of rotatable bonds is 6. The highest BCUT2D eigenvalue weighted by atomic mass is 127. The molecule has 0 spiro atoms. The fraction of sp³-hybridized carbons (Fsp3) is 0.667. The highest BCUT2D eigenvalue weighted by Gasteiger charge is 2.24. The Balaban J connectivity index is 0.00000300. The Hall–Kier alpha value is -1.26. The zero-order valence-corrected chi connectivity index (χ0v) is 20.1. The minimum atomic E-state index is 0. The Kier molecular flexibility index (Phi) is 9.78. The van der Waals surface area contributed by atoms with E-state index in [1.807, 2.05) is 12.1 Å². The second-order valence-corrected chi connectivity index (χ2v) is 7.65. The van der Waals surface area contributed by atoms with E-state index in [0.717, 1.165) is 62.4 Å². The lowest BCUT2D eigenvalue weighted by molar-refractivity contribution is 0.0179. The van der Waals surface area contributed by atoms with Crippen molar-refractivity contribution in [1.82, 2.24) is 9.80 Å². The number of nitrogens with two attached hydrogens (primary N) is 1. The summed E-state index contributed by atoms with van der Waals surface area (Å²) in [6, 6.07) is 6.23. The topological polar surface area (TPSA) is 72.6 Å². The summed E-state index contributed by atoms with van der Waals surface area (Å²) in [5, 5.41) is 0. The van der Waals surface area contributed by atoms with Crippen LogP contribution in [0.1, 0.15) is 31.4 Å². The maximum Gasteiger partial charge on any atom is 0.191 e. The largest absolute Gasteiger partial charge is 0.493 e. The first kappa shape index (κ1) is 24.0. The number of guanidine groups is 1. The van der Waals surface area contributed by atoms with E-state index < -0.39 is 0 Å². The first-order valence-corrected chi connectivity index (χ1v) is 10.2. The fourth-order valence-electron chi connectivity index (χ4n) is 3.90. The lowest BCUT2D eigenvalue weighted by Crippen LogP contribution is -2.44. The van der Waals surface area contributed by atoms with Crippen LogP contribution in [0.15, 0.2) is 23.2 Å². The van der Waals surface area contributed by atoms with E-state index in [0.29, 0.717) is 12.5 Å². The van der Waals surface area contributed by atoms with Crippen molar-refractivity contribution in [3.8, 4) is 11.5 Å². The highest BCUT2D eigenvalue weighted by molar-refractivity contribution is 14.0. The Morgan fingerprint density at radius 3 is 2.41 bits per heavy atom. The molecule has 1 unspecified atom stereocenters. The number of nitrogens with zero attached hydrogens (tertiary/aromatic N) is 3. The van der Waals surface area contributed by atoms with Gasteiger partial charge in [0.1, 0.15) is 0 Å². The van der Waals surface area contributed by atoms with Gasteiger partial charge in [0.2, 0.25) is 0 Å². The quantitative estimate of drug-likeness (QED) is 0.355. The summed E-state index contributed by atoms with van der Waals surface area (Å²) in [7, 11) is 3.32. The third-order valence-electron chi connectivity index (χ3n) is 5.81. The number of likely N-dealkylation sites (tertiary alicyclic amines) is 1. The van der Waals surface area contributed by atoms with Crippen LogP contribution in [-0.4, -0.2) is 75.9 Å². The standard InChI is InChI=1S/C21H34N4O3.HI/c1-16-6-8-25(9-7-16)21(22)23-15-18(24-10-12-28-13-11-24)17-4-5-19(26-2)20(14-17)27-3;/h4-5,14,16,18H,6-13,15H2,1-3H3,(H2,22,23);1H. The van der Waals surface area contributed by atoms with Gasteiger partial charge in [-0.05, 0) is 36.5 Å². The van der Waals surface area contributed by atoms with Crippen molar-refractivity contribution in [2.24, 2.45) is 16.6 Å². The summed E-state index contributed by atoms with van der Waals surface area (Å²) in [6.45, 7) is 8.17. The van der Waals surface area contributed by atoms with Gasteiger partial charge in [-0.25, -0.2) is 0 Å². The normalized spacial score (nSPS) is 20.1. The van der Waals surface area contributed by atoms with Crippen LogP contribution in [0, 0.1) is 5.92 Å². The monoisotopic (exact) mass is 518 g/mol. The Morgan fingerprint density at radius 2 is 1.79 bits per heavy atom. The van der Waals surface area contributed by atoms with Crippen LogP contribution in [0.4, 0.5) is 0 Å². The maximum absolute atomic E-state index is 6.34. The van der Waals surface area contributed by atoms with Crippen LogP contribution in [0.2, 0.25) is 0 Å². The van der Waals surface area contributed by atoms with Crippen LogP contribution < -0.4 is 15.2 Å². The molecule has 0 bridgehead atoms. The summed E-state index contributed by atoms with van der Waals surface area (Å²) in [6.07, 6.45) is 2.36. The molecule has 0 aromatic heterocycles. The fourth-order valence-corrected chi connectivity index (χ4v) is 3.90. The molecule has 2 fully saturated rings. The van der Waals surface area contributed by atoms with E-state index in [-0.39, 0.29) is 30.0 Å². The Morgan fingerprint density at radius 1 is 1.14 bits per heavy atom. The molecule has 0 radical (unpaired) electrons. The first-order valence-electron chi connectivity index (χ1n) is 10.2. The molecule has 7 nitrogen and oxygen atoms in total. The van der Waals surface area contributed by atoms with Crippen molar-refractivity contribution in [2.75, 3.05) is 60.2 Å². The number of ether oxygens (including phenoxy) is 3. The lowest BCUT2D eigenvalue weighted by atomic mass is 10.00. The molecule has 2 saturated heterocycles. The van der Waals surface area contributed by atoms with Crippen LogP contribution in [-0.2, 0) is 4.74 Å². The molecule has 1 aromatic rings. The van der Waals surface area contributed by atoms with Crippen LogP contribution in [0.25, 0.3) is 0 Å². The lowest BCUT2D eigenvalue weighted by Gasteiger charge is -2.35. The summed E-state index contributed by atoms with van der Waals surface area (Å²) in [4.78, 5) is 9.42. The average molecular weight is 518 g/mol. The molecule has 2 heterocycles. The van der Waals surface area contributed by atoms with Crippen molar-refractivity contribution in [3.63, 3.8) is 0 Å². The molecule has 2 N–H and O–H groups in total. The number of morpholine rings is 1. The zero-order valence-electron chi connectivity index (χ0n) is 17.8. The van der Waals surface area contributed by atoms with Crippen molar-refractivity contribution >= 4 is 29.9 Å². The van der Waals surface area contributed by atoms with Gasteiger partial charge in [0.15, 0.2) is 17.5 Å². The molecular weight excluding hydrogens is 483 g/mol. The minimum Gasteiger partial charge on any atom is -0.493 e. The number of hydrogen-bond donors (Lipinski definition) is 1. The molecule has 0 aliphatic carbocycles. The molecule has 2 aliphatic heterocycles. The van der Waals surface area contributed by atoms with Crippen molar-refractivity contribution in [1.29, 1.82) is 0 Å². The van der Waals surface area contributed by atoms with Crippen LogP contribution in [0.5, 0.6) is 11.5 Å². The van der Waals surface area contributed by atoms with Crippen LogP contribution >= 0.6 is 24.0 Å². The zero-order chi connectivity index (χ0) is 19.9. The van der Waals surface area contributed by atoms with Gasteiger partial charge in [-0.1, -0.05) is 13.0 Å². The third-order valence-corrected chi connectivity index (χ3v) is 5.81. The van der Waals surface area contributed by atoms with E-state index in [4.69, 9.17) is 24.9 Å². The number of piperidine rings is 1. The molecule has 0 saturated carbocycles. The smallest absolute Gasteiger partial charge is 0.191 e. The van der Waals surface area contributed by atoms with Gasteiger partial charge in [-0.3, -0.25) is 9.89 Å². The van der Waals surface area contributed by atoms with E-state index in [1.165, 1.54) is 12.8 Å². The Bertz CT molecular complexity index is 659. The number of methoxy groups -OCH3 is 2. The first-order chi connectivity index (χ1) is 13.6. The number of hydrogen-bond acceptors (Lipinski definition) is 5. The van der Waals surface area contributed by atoms with E-state index in [9.17, 15) is 0 Å². The SMILES string of the molecule is COc1ccc(C(CN=C(N)N2CCC(C)CC2)N2CCOCC2)cc1OC.I. The Labute approximate surface area is 191 Å². The van der Waals surface area contributed by atoms with E-state index in [2.05, 4.69) is 22.8 Å². The molecule has 0 amide bonds. The van der Waals surface area contributed by atoms with Crippen molar-refractivity contribution < 1.29 is 14.2 Å². The summed E-state index contributed by atoms with van der Waals surface area (Å²) in [5.41, 5.74) is 7.50. The second kappa shape index (κ2) is 11.8. The minimum absolute atomic E-state index is 0. The molecular formula is C21H35IN4O3. The number of halogens is 1. The number of aliphatic imine (C=N–C) groups is 1. The average Bonchev–Trinajstić information content (AvgIpc) is 2.74. The van der Waals surface area contributed by atoms with E-state index in [1.54, 1.807) is 14.2 Å². The second-order valence-electron chi connectivity index (χ2n) is 7.65. The van der Waals surface area contributed by atoms with E-state index >= 15 is 0 Å². The summed E-state index contributed by atoms with van der Waals surface area (Å²) in [5.74, 6) is 2.90. The molecule has 1 atom stereocenters. The molecule has 1 aromatic carbocycles. The maximum atomic E-state index is 6.34. The van der Waals surface area contributed by atoms with Gasteiger partial charge in [-0.15, -0.1) is 24.0 Å². The van der Waals surface area contributed by atoms with Gasteiger partial charge < -0.3 is 24.8 Å². The molecule has 29 heavy (non-hydrogen) atoms. The molecule has 3 rings (SSSR count). The highest BCUT2D eigenvalue weighted by Crippen LogP contribution is 2.32. The van der Waals surface area contributed by atoms with Crippen molar-refractivity contribution in [2.45, 2.75) is 25.8 Å². The predicted molar refractivity (Wildman–Crippen MR) is 127 cm³/mol. The van der Waals surface area contributed by atoms with Crippen LogP contribution in [0.3, 0.4) is 0 Å². The van der Waals surface area contributed by atoms with Gasteiger partial charge in [0.05, 0.1) is 40.0 Å². The molecule has 164 valence electrons. The van der Waals surface area contributed by atoms with Gasteiger partial charge in [0.25, 0.3) is 0 Å². The number of benzene rings is 1. The van der Waals surface area contributed by atoms with Crippen molar-refractivity contribution in [3.05, 3.63) is 23.8 Å². The summed E-state index contributed by atoms with van der Waals surface area (Å²) < 4.78 is 16.4. The van der Waals surface area contributed by atoms with Gasteiger partial charge >= 0.3 is 0 Å². The van der Waals surface area contributed by atoms with Gasteiger partial charge in [-0.2, -0.15) is 0 Å². The summed E-state index contributed by atoms with van der Waals surface area (Å²) >= 11 is 0. The molecule has 2 aliphatic rings.